The van der Waals surface area contributed by atoms with Gasteiger partial charge in [-0.2, -0.15) is 0 Å². The zero-order valence-corrected chi connectivity index (χ0v) is 15.6. The molecule has 4 aromatic rings. The van der Waals surface area contributed by atoms with Gasteiger partial charge < -0.3 is 13.9 Å². The molecule has 0 saturated heterocycles. The SMILES string of the molecule is COc1ccc(C(=O)Cc2ccc(-c3cc4cccnc4o3)cc2)cc1OC. The van der Waals surface area contributed by atoms with Crippen molar-refractivity contribution >= 4 is 16.9 Å². The fourth-order valence-electron chi connectivity index (χ4n) is 3.10. The number of ketones is 1. The lowest BCUT2D eigenvalue weighted by molar-refractivity contribution is 0.0992. The third-order valence-electron chi connectivity index (χ3n) is 4.60. The van der Waals surface area contributed by atoms with Crippen molar-refractivity contribution in [3.63, 3.8) is 0 Å². The minimum Gasteiger partial charge on any atom is -0.493 e. The lowest BCUT2D eigenvalue weighted by Gasteiger charge is -2.09. The van der Waals surface area contributed by atoms with Crippen molar-refractivity contribution in [1.82, 2.24) is 4.98 Å². The van der Waals surface area contributed by atoms with Gasteiger partial charge in [-0.15, -0.1) is 0 Å². The van der Waals surface area contributed by atoms with Gasteiger partial charge in [-0.25, -0.2) is 4.98 Å². The summed E-state index contributed by atoms with van der Waals surface area (Å²) < 4.78 is 16.3. The van der Waals surface area contributed by atoms with E-state index in [1.54, 1.807) is 38.6 Å². The summed E-state index contributed by atoms with van der Waals surface area (Å²) in [5.74, 6) is 1.92. The highest BCUT2D eigenvalue weighted by molar-refractivity contribution is 5.98. The molecular formula is C23H19NO4. The molecule has 0 atom stereocenters. The first-order valence-corrected chi connectivity index (χ1v) is 8.87. The molecule has 0 N–H and O–H groups in total. The van der Waals surface area contributed by atoms with Crippen LogP contribution in [0.2, 0.25) is 0 Å². The molecule has 0 aliphatic heterocycles. The minimum atomic E-state index is 0.0154. The zero-order valence-electron chi connectivity index (χ0n) is 15.6. The lowest BCUT2D eigenvalue weighted by atomic mass is 10.0. The third-order valence-corrected chi connectivity index (χ3v) is 4.60. The highest BCUT2D eigenvalue weighted by Gasteiger charge is 2.12. The van der Waals surface area contributed by atoms with E-state index in [1.807, 2.05) is 42.5 Å². The van der Waals surface area contributed by atoms with Crippen molar-refractivity contribution < 1.29 is 18.7 Å². The van der Waals surface area contributed by atoms with Gasteiger partial charge in [0.05, 0.1) is 14.2 Å². The minimum absolute atomic E-state index is 0.0154. The molecule has 2 aromatic carbocycles. The van der Waals surface area contributed by atoms with Crippen LogP contribution >= 0.6 is 0 Å². The molecule has 140 valence electrons. The summed E-state index contributed by atoms with van der Waals surface area (Å²) in [7, 11) is 3.12. The summed E-state index contributed by atoms with van der Waals surface area (Å²) in [6.07, 6.45) is 2.01. The van der Waals surface area contributed by atoms with E-state index in [1.165, 1.54) is 0 Å². The van der Waals surface area contributed by atoms with Crippen molar-refractivity contribution in [2.24, 2.45) is 0 Å². The number of Topliss-reactive ketones (excluding diaryl/α,β-unsaturated/α-hetero) is 1. The molecule has 0 radical (unpaired) electrons. The predicted molar refractivity (Wildman–Crippen MR) is 107 cm³/mol. The molecule has 0 aliphatic rings. The lowest BCUT2D eigenvalue weighted by Crippen LogP contribution is -2.04. The van der Waals surface area contributed by atoms with E-state index in [2.05, 4.69) is 4.98 Å². The molecule has 0 aliphatic carbocycles. The fourth-order valence-corrected chi connectivity index (χ4v) is 3.10. The average Bonchev–Trinajstić information content (AvgIpc) is 3.18. The van der Waals surface area contributed by atoms with Gasteiger partial charge in [-0.3, -0.25) is 4.79 Å². The number of carbonyl (C=O) groups excluding carboxylic acids is 1. The molecule has 4 rings (SSSR count). The Morgan fingerprint density at radius 3 is 2.46 bits per heavy atom. The molecule has 0 amide bonds. The molecular weight excluding hydrogens is 354 g/mol. The molecule has 5 heteroatoms. The largest absolute Gasteiger partial charge is 0.493 e. The topological polar surface area (TPSA) is 61.6 Å². The van der Waals surface area contributed by atoms with Crippen LogP contribution in [0.1, 0.15) is 15.9 Å². The quantitative estimate of drug-likeness (QED) is 0.448. The van der Waals surface area contributed by atoms with Crippen LogP contribution in [0.4, 0.5) is 0 Å². The number of nitrogens with zero attached hydrogens (tertiary/aromatic N) is 1. The van der Waals surface area contributed by atoms with Crippen LogP contribution in [0.3, 0.4) is 0 Å². The monoisotopic (exact) mass is 373 g/mol. The Morgan fingerprint density at radius 1 is 0.964 bits per heavy atom. The number of pyridine rings is 1. The first kappa shape index (κ1) is 17.8. The fraction of sp³-hybridized carbons (Fsp3) is 0.130. The van der Waals surface area contributed by atoms with Crippen LogP contribution in [0, 0.1) is 0 Å². The van der Waals surface area contributed by atoms with Crippen LogP contribution in [0.25, 0.3) is 22.4 Å². The third kappa shape index (κ3) is 3.47. The molecule has 5 nitrogen and oxygen atoms in total. The molecule has 0 fully saturated rings. The molecule has 0 bridgehead atoms. The number of ether oxygens (including phenoxy) is 2. The molecule has 28 heavy (non-hydrogen) atoms. The summed E-state index contributed by atoms with van der Waals surface area (Å²) in [5.41, 5.74) is 3.08. The number of carbonyl (C=O) groups is 1. The van der Waals surface area contributed by atoms with E-state index < -0.39 is 0 Å². The maximum atomic E-state index is 12.6. The zero-order chi connectivity index (χ0) is 19.5. The summed E-state index contributed by atoms with van der Waals surface area (Å²) in [5, 5.41) is 0.963. The average molecular weight is 373 g/mol. The Kier molecular flexibility index (Phi) is 4.81. The Morgan fingerprint density at radius 2 is 1.75 bits per heavy atom. The van der Waals surface area contributed by atoms with E-state index in [9.17, 15) is 4.79 Å². The van der Waals surface area contributed by atoms with E-state index >= 15 is 0 Å². The van der Waals surface area contributed by atoms with Crippen LogP contribution in [0.15, 0.2) is 71.3 Å². The van der Waals surface area contributed by atoms with Gasteiger partial charge >= 0.3 is 0 Å². The Bertz CT molecular complexity index is 1100. The highest BCUT2D eigenvalue weighted by Crippen LogP contribution is 2.29. The number of rotatable bonds is 6. The summed E-state index contributed by atoms with van der Waals surface area (Å²) in [4.78, 5) is 16.8. The van der Waals surface area contributed by atoms with Crippen molar-refractivity contribution in [3.8, 4) is 22.8 Å². The van der Waals surface area contributed by atoms with Gasteiger partial charge in [-0.05, 0) is 42.0 Å². The molecule has 2 heterocycles. The number of methoxy groups -OCH3 is 2. The second kappa shape index (κ2) is 7.56. The molecule has 0 unspecified atom stereocenters. The summed E-state index contributed by atoms with van der Waals surface area (Å²) in [6.45, 7) is 0. The Hall–Kier alpha value is -3.60. The van der Waals surface area contributed by atoms with Crippen molar-refractivity contribution in [1.29, 1.82) is 0 Å². The van der Waals surface area contributed by atoms with Crippen molar-refractivity contribution in [2.75, 3.05) is 14.2 Å². The predicted octanol–water partition coefficient (Wildman–Crippen LogP) is 4.94. The highest BCUT2D eigenvalue weighted by atomic mass is 16.5. The number of hydrogen-bond donors (Lipinski definition) is 0. The van der Waals surface area contributed by atoms with Gasteiger partial charge in [0.15, 0.2) is 17.3 Å². The van der Waals surface area contributed by atoms with Crippen LogP contribution in [-0.4, -0.2) is 25.0 Å². The van der Waals surface area contributed by atoms with Gasteiger partial charge in [0.25, 0.3) is 0 Å². The summed E-state index contributed by atoms with van der Waals surface area (Å²) >= 11 is 0. The van der Waals surface area contributed by atoms with Crippen molar-refractivity contribution in [2.45, 2.75) is 6.42 Å². The number of fused-ring (bicyclic) bond motifs is 1. The van der Waals surface area contributed by atoms with Crippen molar-refractivity contribution in [3.05, 3.63) is 78.0 Å². The van der Waals surface area contributed by atoms with Gasteiger partial charge in [0.1, 0.15) is 5.76 Å². The van der Waals surface area contributed by atoms with Crippen LogP contribution in [0.5, 0.6) is 11.5 Å². The van der Waals surface area contributed by atoms with E-state index in [4.69, 9.17) is 13.9 Å². The summed E-state index contributed by atoms with van der Waals surface area (Å²) in [6, 6.07) is 18.8. The second-order valence-corrected chi connectivity index (χ2v) is 6.38. The Balaban J connectivity index is 1.52. The number of aromatic nitrogens is 1. The molecule has 0 spiro atoms. The molecule has 2 aromatic heterocycles. The van der Waals surface area contributed by atoms with E-state index in [-0.39, 0.29) is 5.78 Å². The standard InChI is InChI=1S/C23H19NO4/c1-26-20-10-9-17(13-22(20)27-2)19(25)12-15-5-7-16(8-6-15)21-14-18-4-3-11-24-23(18)28-21/h3-11,13-14H,12H2,1-2H3. The van der Waals surface area contributed by atoms with Gasteiger partial charge in [-0.1, -0.05) is 24.3 Å². The number of benzene rings is 2. The van der Waals surface area contributed by atoms with Crippen LogP contribution in [-0.2, 0) is 6.42 Å². The smallest absolute Gasteiger partial charge is 0.226 e. The maximum Gasteiger partial charge on any atom is 0.226 e. The molecule has 0 saturated carbocycles. The van der Waals surface area contributed by atoms with Crippen LogP contribution < -0.4 is 9.47 Å². The van der Waals surface area contributed by atoms with Gasteiger partial charge in [0.2, 0.25) is 5.71 Å². The number of furan rings is 1. The van der Waals surface area contributed by atoms with E-state index in [0.29, 0.717) is 29.2 Å². The number of hydrogen-bond acceptors (Lipinski definition) is 5. The Labute approximate surface area is 162 Å². The first-order chi connectivity index (χ1) is 13.7. The normalized spacial score (nSPS) is 10.8. The van der Waals surface area contributed by atoms with Gasteiger partial charge in [0, 0.05) is 29.1 Å². The second-order valence-electron chi connectivity index (χ2n) is 6.38. The van der Waals surface area contributed by atoms with E-state index in [0.717, 1.165) is 22.3 Å². The maximum absolute atomic E-state index is 12.6. The first-order valence-electron chi connectivity index (χ1n) is 8.87.